The molecule has 0 spiro atoms. The van der Waals surface area contributed by atoms with E-state index in [0.717, 1.165) is 18.4 Å². The number of hydrogen-bond donors (Lipinski definition) is 3. The molecule has 0 aromatic heterocycles. The molecule has 0 bridgehead atoms. The quantitative estimate of drug-likeness (QED) is 0.405. The van der Waals surface area contributed by atoms with Crippen molar-refractivity contribution in [3.63, 3.8) is 0 Å². The Morgan fingerprint density at radius 2 is 1.57 bits per heavy atom. The fourth-order valence-corrected chi connectivity index (χ4v) is 3.66. The van der Waals surface area contributed by atoms with Crippen LogP contribution in [0, 0.1) is 5.92 Å². The lowest BCUT2D eigenvalue weighted by atomic mass is 9.99. The smallest absolute Gasteiger partial charge is 0.289 e. The van der Waals surface area contributed by atoms with Crippen LogP contribution >= 0.6 is 0 Å². The first kappa shape index (κ1) is 25.9. The highest BCUT2D eigenvalue weighted by Gasteiger charge is 2.33. The maximum absolute atomic E-state index is 13.3. The number of ketones is 1. The monoisotopic (exact) mass is 479 g/mol. The summed E-state index contributed by atoms with van der Waals surface area (Å²) in [4.78, 5) is 51.5. The van der Waals surface area contributed by atoms with Gasteiger partial charge in [-0.2, -0.15) is 0 Å². The highest BCUT2D eigenvalue weighted by atomic mass is 16.5. The third-order valence-electron chi connectivity index (χ3n) is 5.73. The van der Waals surface area contributed by atoms with Crippen molar-refractivity contribution < 1.29 is 23.9 Å². The molecule has 2 aromatic rings. The average molecular weight is 480 g/mol. The van der Waals surface area contributed by atoms with Crippen LogP contribution in [0.25, 0.3) is 0 Å². The molecular formula is C27H33N3O5. The molecule has 0 aliphatic heterocycles. The number of methoxy groups -OCH3 is 1. The van der Waals surface area contributed by atoms with Crippen LogP contribution in [0.15, 0.2) is 54.6 Å². The second kappa shape index (κ2) is 12.1. The summed E-state index contributed by atoms with van der Waals surface area (Å²) in [5, 5.41) is 8.21. The zero-order valence-electron chi connectivity index (χ0n) is 20.4. The van der Waals surface area contributed by atoms with E-state index in [-0.39, 0.29) is 18.4 Å². The predicted octanol–water partition coefficient (Wildman–Crippen LogP) is 2.41. The molecule has 1 aliphatic rings. The van der Waals surface area contributed by atoms with E-state index in [9.17, 15) is 19.2 Å². The first-order chi connectivity index (χ1) is 16.8. The van der Waals surface area contributed by atoms with Crippen LogP contribution in [0.5, 0.6) is 5.75 Å². The summed E-state index contributed by atoms with van der Waals surface area (Å²) in [5.41, 5.74) is 1.20. The summed E-state index contributed by atoms with van der Waals surface area (Å²) in [5.74, 6) is -1.59. The number of rotatable bonds is 12. The van der Waals surface area contributed by atoms with Gasteiger partial charge in [0.1, 0.15) is 17.8 Å². The maximum Gasteiger partial charge on any atom is 0.289 e. The maximum atomic E-state index is 13.3. The molecule has 186 valence electrons. The van der Waals surface area contributed by atoms with Gasteiger partial charge in [0, 0.05) is 18.0 Å². The lowest BCUT2D eigenvalue weighted by molar-refractivity contribution is -0.140. The average Bonchev–Trinajstić information content (AvgIpc) is 3.67. The van der Waals surface area contributed by atoms with Crippen LogP contribution in [0.4, 0.5) is 0 Å². The molecule has 8 heteroatoms. The summed E-state index contributed by atoms with van der Waals surface area (Å²) >= 11 is 0. The van der Waals surface area contributed by atoms with E-state index < -0.39 is 35.6 Å². The minimum absolute atomic E-state index is 0.0250. The summed E-state index contributed by atoms with van der Waals surface area (Å²) in [6.07, 6.45) is 2.24. The topological polar surface area (TPSA) is 114 Å². The van der Waals surface area contributed by atoms with Gasteiger partial charge in [-0.15, -0.1) is 0 Å². The Balaban J connectivity index is 1.74. The number of Topliss-reactive ketones (excluding diaryl/α,β-unsaturated/α-hetero) is 1. The van der Waals surface area contributed by atoms with Gasteiger partial charge in [0.2, 0.25) is 11.7 Å². The largest absolute Gasteiger partial charge is 0.497 e. The molecule has 2 aromatic carbocycles. The van der Waals surface area contributed by atoms with Crippen molar-refractivity contribution in [2.45, 2.75) is 57.7 Å². The molecule has 1 aliphatic carbocycles. The van der Waals surface area contributed by atoms with Crippen molar-refractivity contribution in [3.05, 3.63) is 65.7 Å². The van der Waals surface area contributed by atoms with E-state index in [4.69, 9.17) is 4.74 Å². The van der Waals surface area contributed by atoms with Crippen LogP contribution in [-0.4, -0.2) is 48.7 Å². The van der Waals surface area contributed by atoms with Gasteiger partial charge in [-0.1, -0.05) is 44.2 Å². The SMILES string of the molecule is COc1ccc(C(=O)N[C@@H](CC(C)C)C(=O)N[C@@H](Cc2ccccc2)C(=O)C(=O)NC2CC2)cc1. The van der Waals surface area contributed by atoms with Gasteiger partial charge in [0.15, 0.2) is 0 Å². The molecule has 3 rings (SSSR count). The van der Waals surface area contributed by atoms with E-state index in [1.807, 2.05) is 44.2 Å². The fourth-order valence-electron chi connectivity index (χ4n) is 3.66. The van der Waals surface area contributed by atoms with Crippen molar-refractivity contribution in [2.75, 3.05) is 7.11 Å². The minimum Gasteiger partial charge on any atom is -0.497 e. The van der Waals surface area contributed by atoms with Gasteiger partial charge < -0.3 is 20.7 Å². The molecule has 3 amide bonds. The molecule has 2 atom stereocenters. The van der Waals surface area contributed by atoms with Crippen LogP contribution < -0.4 is 20.7 Å². The van der Waals surface area contributed by atoms with Crippen LogP contribution in [-0.2, 0) is 20.8 Å². The van der Waals surface area contributed by atoms with Crippen LogP contribution in [0.3, 0.4) is 0 Å². The van der Waals surface area contributed by atoms with Crippen LogP contribution in [0.1, 0.15) is 49.0 Å². The number of carbonyl (C=O) groups excluding carboxylic acids is 4. The Morgan fingerprint density at radius 3 is 2.14 bits per heavy atom. The number of carbonyl (C=O) groups is 4. The van der Waals surface area contributed by atoms with Gasteiger partial charge in [0.25, 0.3) is 11.8 Å². The van der Waals surface area contributed by atoms with Crippen molar-refractivity contribution >= 4 is 23.5 Å². The van der Waals surface area contributed by atoms with Crippen molar-refractivity contribution in [3.8, 4) is 5.75 Å². The first-order valence-corrected chi connectivity index (χ1v) is 11.9. The Morgan fingerprint density at radius 1 is 0.914 bits per heavy atom. The molecule has 8 nitrogen and oxygen atoms in total. The van der Waals surface area contributed by atoms with E-state index in [2.05, 4.69) is 16.0 Å². The van der Waals surface area contributed by atoms with E-state index in [1.165, 1.54) is 7.11 Å². The van der Waals surface area contributed by atoms with E-state index >= 15 is 0 Å². The second-order valence-corrected chi connectivity index (χ2v) is 9.25. The Labute approximate surface area is 205 Å². The van der Waals surface area contributed by atoms with Gasteiger partial charge in [0.05, 0.1) is 7.11 Å². The number of ether oxygens (including phenoxy) is 1. The predicted molar refractivity (Wildman–Crippen MR) is 132 cm³/mol. The molecular weight excluding hydrogens is 446 g/mol. The number of nitrogens with one attached hydrogen (secondary N) is 3. The lowest BCUT2D eigenvalue weighted by Gasteiger charge is -2.24. The number of hydrogen-bond acceptors (Lipinski definition) is 5. The molecule has 0 saturated heterocycles. The molecule has 0 radical (unpaired) electrons. The standard InChI is InChI=1S/C27H33N3O5/c1-17(2)15-23(30-25(32)19-9-13-21(35-3)14-10-19)26(33)29-22(16-18-7-5-4-6-8-18)24(31)27(34)28-20-11-12-20/h4-10,13-14,17,20,22-23H,11-12,15-16H2,1-3H3,(H,28,34)(H,29,33)(H,30,32)/t22-,23-/m0/s1. The van der Waals surface area contributed by atoms with Crippen LogP contribution in [0.2, 0.25) is 0 Å². The molecule has 1 fully saturated rings. The van der Waals surface area contributed by atoms with Crippen molar-refractivity contribution in [1.82, 2.24) is 16.0 Å². The summed E-state index contributed by atoms with van der Waals surface area (Å²) in [7, 11) is 1.54. The highest BCUT2D eigenvalue weighted by Crippen LogP contribution is 2.19. The zero-order chi connectivity index (χ0) is 25.4. The highest BCUT2D eigenvalue weighted by molar-refractivity contribution is 6.38. The first-order valence-electron chi connectivity index (χ1n) is 11.9. The van der Waals surface area contributed by atoms with Gasteiger partial charge in [-0.25, -0.2) is 0 Å². The zero-order valence-corrected chi connectivity index (χ0v) is 20.4. The second-order valence-electron chi connectivity index (χ2n) is 9.25. The Kier molecular flexibility index (Phi) is 9.00. The van der Waals surface area contributed by atoms with Crippen molar-refractivity contribution in [1.29, 1.82) is 0 Å². The van der Waals surface area contributed by atoms with E-state index in [0.29, 0.717) is 17.7 Å². The molecule has 0 unspecified atom stereocenters. The summed E-state index contributed by atoms with van der Waals surface area (Å²) in [6.45, 7) is 3.88. The molecule has 3 N–H and O–H groups in total. The third kappa shape index (κ3) is 7.95. The van der Waals surface area contributed by atoms with Gasteiger partial charge in [-0.3, -0.25) is 19.2 Å². The van der Waals surface area contributed by atoms with E-state index in [1.54, 1.807) is 24.3 Å². The summed E-state index contributed by atoms with van der Waals surface area (Å²) in [6, 6.07) is 13.9. The Hall–Kier alpha value is -3.68. The normalized spacial score (nSPS) is 14.5. The fraction of sp³-hybridized carbons (Fsp3) is 0.407. The van der Waals surface area contributed by atoms with Crippen molar-refractivity contribution in [2.24, 2.45) is 5.92 Å². The Bertz CT molecular complexity index is 1030. The molecule has 0 heterocycles. The van der Waals surface area contributed by atoms with Gasteiger partial charge in [-0.05, 0) is 55.0 Å². The third-order valence-corrected chi connectivity index (χ3v) is 5.73. The minimum atomic E-state index is -1.05. The summed E-state index contributed by atoms with van der Waals surface area (Å²) < 4.78 is 5.12. The van der Waals surface area contributed by atoms with Gasteiger partial charge >= 0.3 is 0 Å². The molecule has 1 saturated carbocycles. The number of amides is 3. The molecule has 35 heavy (non-hydrogen) atoms. The number of benzene rings is 2. The lowest BCUT2D eigenvalue weighted by Crippen LogP contribution is -2.55.